The van der Waals surface area contributed by atoms with Crippen LogP contribution in [0.15, 0.2) is 0 Å². The first-order valence-electron chi connectivity index (χ1n) is 32.4. The summed E-state index contributed by atoms with van der Waals surface area (Å²) in [6.45, 7) is 6.46. The Bertz CT molecular complexity index is 1400. The normalized spacial score (nSPS) is 26.4. The number of hydrogen-bond donors (Lipinski definition) is 8. The quantitative estimate of drug-likeness (QED) is 0.0316. The molecule has 21 heteroatoms. The molecule has 3 rings (SSSR count). The van der Waals surface area contributed by atoms with Gasteiger partial charge in [-0.1, -0.05) is 181 Å². The minimum atomic E-state index is -1.58. The smallest absolute Gasteiger partial charge is 0.187 e. The first-order valence-corrected chi connectivity index (χ1v) is 32.4. The van der Waals surface area contributed by atoms with Crippen molar-refractivity contribution in [3.63, 3.8) is 0 Å². The Kier molecular flexibility index (Phi) is 47.0. The topological polar surface area (TPSA) is 282 Å². The fourth-order valence-corrected chi connectivity index (χ4v) is 10.4. The second kappa shape index (κ2) is 51.1. The largest absolute Gasteiger partial charge is 0.394 e. The van der Waals surface area contributed by atoms with Crippen molar-refractivity contribution < 1.29 is 102 Å². The van der Waals surface area contributed by atoms with Crippen LogP contribution in [0.3, 0.4) is 0 Å². The van der Waals surface area contributed by atoms with Gasteiger partial charge in [-0.15, -0.1) is 0 Å². The van der Waals surface area contributed by atoms with Crippen molar-refractivity contribution in [3.05, 3.63) is 0 Å². The highest BCUT2D eigenvalue weighted by molar-refractivity contribution is 4.95. The van der Waals surface area contributed by atoms with Crippen molar-refractivity contribution in [3.8, 4) is 0 Å². The number of unbranched alkanes of at least 4 members (excludes halogenated alkanes) is 26. The molecule has 21 nitrogen and oxygen atoms in total. The van der Waals surface area contributed by atoms with E-state index in [0.717, 1.165) is 25.7 Å². The first kappa shape index (κ1) is 75.4. The van der Waals surface area contributed by atoms with Crippen molar-refractivity contribution in [2.45, 2.75) is 280 Å². The van der Waals surface area contributed by atoms with Crippen molar-refractivity contribution in [1.82, 2.24) is 0 Å². The van der Waals surface area contributed by atoms with Crippen molar-refractivity contribution in [2.75, 3.05) is 112 Å². The lowest BCUT2D eigenvalue weighted by atomic mass is 10.0. The molecule has 0 aromatic rings. The Hall–Kier alpha value is -0.840. The molecule has 0 aromatic carbocycles. The van der Waals surface area contributed by atoms with E-state index >= 15 is 0 Å². The molecule has 0 amide bonds. The summed E-state index contributed by atoms with van der Waals surface area (Å²) in [6.07, 6.45) is 19.5. The molecule has 3 aliphatic heterocycles. The monoisotopic (exact) mass is 1190 g/mol. The SMILES string of the molecule is CCCCCCCCCCCCCCCCOCC(COC(COCCOCCO)COCCOCCO[C@@H]1O[C@@H](CO)[C@H](O[C@@H]2O[C@@H](CO)[C@H](O)[C@H]2O)[C@H]1O[C@@H]1O[C@@H](CO)[C@H](O)[C@H]1O)OCCCCCCCCCCCCCCCC. The Labute approximate surface area is 492 Å². The second-order valence-corrected chi connectivity index (χ2v) is 22.5. The molecular formula is C61H118O21. The molecule has 488 valence electrons. The Balaban J connectivity index is 1.46. The fourth-order valence-electron chi connectivity index (χ4n) is 10.4. The summed E-state index contributed by atoms with van der Waals surface area (Å²) in [4.78, 5) is 0. The van der Waals surface area contributed by atoms with Gasteiger partial charge in [-0.25, -0.2) is 0 Å². The minimum absolute atomic E-state index is 0.0423. The molecule has 0 aromatic heterocycles. The Morgan fingerprint density at radius 1 is 0.317 bits per heavy atom. The number of hydrogen-bond acceptors (Lipinski definition) is 21. The lowest BCUT2D eigenvalue weighted by Crippen LogP contribution is -2.47. The van der Waals surface area contributed by atoms with Gasteiger partial charge >= 0.3 is 0 Å². The number of aliphatic hydroxyl groups is 8. The van der Waals surface area contributed by atoms with Gasteiger partial charge in [0.15, 0.2) is 18.9 Å². The fraction of sp³-hybridized carbons (Fsp3) is 1.00. The Morgan fingerprint density at radius 2 is 0.671 bits per heavy atom. The van der Waals surface area contributed by atoms with Crippen LogP contribution in [0, 0.1) is 0 Å². The van der Waals surface area contributed by atoms with Gasteiger partial charge in [-0.2, -0.15) is 0 Å². The predicted molar refractivity (Wildman–Crippen MR) is 308 cm³/mol. The van der Waals surface area contributed by atoms with Crippen LogP contribution >= 0.6 is 0 Å². The summed E-state index contributed by atoms with van der Waals surface area (Å²) in [5, 5.41) is 80.6. The van der Waals surface area contributed by atoms with E-state index in [1.165, 1.54) is 154 Å². The molecule has 8 N–H and O–H groups in total. The van der Waals surface area contributed by atoms with Crippen LogP contribution in [0.5, 0.6) is 0 Å². The molecule has 3 aliphatic rings. The van der Waals surface area contributed by atoms with Gasteiger partial charge < -0.3 is 102 Å². The van der Waals surface area contributed by atoms with E-state index in [9.17, 15) is 35.7 Å². The predicted octanol–water partition coefficient (Wildman–Crippen LogP) is 6.18. The number of aliphatic hydroxyl groups excluding tert-OH is 8. The van der Waals surface area contributed by atoms with Crippen LogP contribution in [0.1, 0.15) is 194 Å². The number of ether oxygens (including phenoxy) is 13. The van der Waals surface area contributed by atoms with Crippen LogP contribution < -0.4 is 0 Å². The molecule has 3 heterocycles. The lowest BCUT2D eigenvalue weighted by molar-refractivity contribution is -0.265. The summed E-state index contributed by atoms with van der Waals surface area (Å²) in [6, 6.07) is 0. The zero-order valence-electron chi connectivity index (χ0n) is 50.8. The molecule has 3 fully saturated rings. The van der Waals surface area contributed by atoms with Crippen molar-refractivity contribution >= 4 is 0 Å². The molecule has 82 heavy (non-hydrogen) atoms. The van der Waals surface area contributed by atoms with Crippen LogP contribution in [-0.2, 0) is 61.6 Å². The maximum absolute atomic E-state index is 10.7. The third-order valence-corrected chi connectivity index (χ3v) is 15.4. The van der Waals surface area contributed by atoms with Crippen LogP contribution in [0.25, 0.3) is 0 Å². The van der Waals surface area contributed by atoms with Gasteiger partial charge in [0, 0.05) is 13.2 Å². The maximum Gasteiger partial charge on any atom is 0.187 e. The van der Waals surface area contributed by atoms with Gasteiger partial charge in [0.2, 0.25) is 0 Å². The van der Waals surface area contributed by atoms with E-state index in [4.69, 9.17) is 66.7 Å². The average Bonchev–Trinajstić information content (AvgIpc) is 4.21. The van der Waals surface area contributed by atoms with Gasteiger partial charge in [0.1, 0.15) is 67.1 Å². The van der Waals surface area contributed by atoms with Gasteiger partial charge in [0.25, 0.3) is 0 Å². The molecule has 0 saturated carbocycles. The second-order valence-electron chi connectivity index (χ2n) is 22.5. The molecule has 0 radical (unpaired) electrons. The molecular weight excluding hydrogens is 1070 g/mol. The van der Waals surface area contributed by atoms with E-state index < -0.39 is 99.7 Å². The van der Waals surface area contributed by atoms with Gasteiger partial charge in [0.05, 0.1) is 99.1 Å². The van der Waals surface area contributed by atoms with E-state index in [1.807, 2.05) is 0 Å². The average molecular weight is 1190 g/mol. The van der Waals surface area contributed by atoms with Crippen LogP contribution in [0.4, 0.5) is 0 Å². The molecule has 14 atom stereocenters. The minimum Gasteiger partial charge on any atom is -0.394 e. The summed E-state index contributed by atoms with van der Waals surface area (Å²) in [5.74, 6) is 0. The van der Waals surface area contributed by atoms with Gasteiger partial charge in [-0.3, -0.25) is 0 Å². The highest BCUT2D eigenvalue weighted by Gasteiger charge is 2.54. The molecule has 0 bridgehead atoms. The summed E-state index contributed by atoms with van der Waals surface area (Å²) < 4.78 is 77.1. The number of rotatable bonds is 59. The zero-order valence-corrected chi connectivity index (χ0v) is 50.8. The summed E-state index contributed by atoms with van der Waals surface area (Å²) in [5.41, 5.74) is 0. The lowest BCUT2D eigenvalue weighted by Gasteiger charge is -2.30. The van der Waals surface area contributed by atoms with E-state index in [0.29, 0.717) is 39.6 Å². The maximum atomic E-state index is 10.7. The summed E-state index contributed by atoms with van der Waals surface area (Å²) >= 11 is 0. The highest BCUT2D eigenvalue weighted by atomic mass is 16.8. The molecule has 2 unspecified atom stereocenters. The molecule has 0 spiro atoms. The van der Waals surface area contributed by atoms with Crippen molar-refractivity contribution in [1.29, 1.82) is 0 Å². The molecule has 0 aliphatic carbocycles. The third kappa shape index (κ3) is 33.5. The van der Waals surface area contributed by atoms with Crippen molar-refractivity contribution in [2.24, 2.45) is 0 Å². The van der Waals surface area contributed by atoms with Crippen LogP contribution in [-0.4, -0.2) is 239 Å². The van der Waals surface area contributed by atoms with E-state index in [1.54, 1.807) is 0 Å². The van der Waals surface area contributed by atoms with Gasteiger partial charge in [-0.05, 0) is 12.8 Å². The highest BCUT2D eigenvalue weighted by Crippen LogP contribution is 2.35. The molecule has 3 saturated heterocycles. The standard InChI is InChI=1S/C61H118O21/c1-3-5-7-9-11-13-15-17-19-21-23-25-27-29-32-72-46-49(75-33-30-28-26-24-22-20-18-16-14-12-10-8-6-4-2)47-77-48(44-73-37-35-70-34-31-62)45-74-38-36-71-39-40-76-61-58(82-60-56(69)54(67)51(42-64)79-60)57(52(43-65)80-61)81-59-55(68)53(66)50(41-63)78-59/h48-69H,3-47H2,1-2H3/t48?,49?,50-,51-,52-,53-,54-,55+,56+,57-,58+,59-,60-,61+/m0/s1. The summed E-state index contributed by atoms with van der Waals surface area (Å²) in [7, 11) is 0. The zero-order chi connectivity index (χ0) is 59.1. The van der Waals surface area contributed by atoms with E-state index in [2.05, 4.69) is 13.8 Å². The van der Waals surface area contributed by atoms with Crippen LogP contribution in [0.2, 0.25) is 0 Å². The first-order chi connectivity index (χ1) is 40.2. The third-order valence-electron chi connectivity index (χ3n) is 15.4. The Morgan fingerprint density at radius 3 is 1.10 bits per heavy atom. The van der Waals surface area contributed by atoms with E-state index in [-0.39, 0.29) is 59.0 Å².